The maximum absolute atomic E-state index is 12.8. The lowest BCUT2D eigenvalue weighted by Gasteiger charge is -2.24. The molecule has 0 bridgehead atoms. The molecule has 0 rings (SSSR count). The lowest BCUT2D eigenvalue weighted by Crippen LogP contribution is -2.57. The zero-order valence-electron chi connectivity index (χ0n) is 18.6. The van der Waals surface area contributed by atoms with Crippen LogP contribution in [-0.4, -0.2) is 77.7 Å². The Bertz CT molecular complexity index is 667. The highest BCUT2D eigenvalue weighted by molar-refractivity contribution is 7.80. The number of hydrogen-bond acceptors (Lipinski definition) is 9. The summed E-state index contributed by atoms with van der Waals surface area (Å²) in [6, 6.07) is -4.58. The van der Waals surface area contributed by atoms with E-state index >= 15 is 0 Å². The molecule has 190 valence electrons. The molecule has 0 aliphatic heterocycles. The molecule has 4 amide bonds. The summed E-state index contributed by atoms with van der Waals surface area (Å²) < 4.78 is 0. The van der Waals surface area contributed by atoms with Gasteiger partial charge in [-0.25, -0.2) is 4.79 Å². The maximum atomic E-state index is 12.8. The third-order valence-electron chi connectivity index (χ3n) is 4.72. The van der Waals surface area contributed by atoms with Gasteiger partial charge in [-0.3, -0.25) is 19.2 Å². The molecule has 0 fully saturated rings. The van der Waals surface area contributed by atoms with Crippen molar-refractivity contribution >= 4 is 42.2 Å². The first-order valence-corrected chi connectivity index (χ1v) is 11.4. The van der Waals surface area contributed by atoms with Gasteiger partial charge in [-0.05, 0) is 45.2 Å². The Kier molecular flexibility index (Phi) is 15.9. The van der Waals surface area contributed by atoms with Gasteiger partial charge in [0.1, 0.15) is 18.1 Å². The van der Waals surface area contributed by atoms with Crippen LogP contribution in [0.4, 0.5) is 0 Å². The van der Waals surface area contributed by atoms with Crippen LogP contribution < -0.4 is 38.9 Å². The molecule has 4 atom stereocenters. The van der Waals surface area contributed by atoms with Crippen LogP contribution in [0, 0.1) is 0 Å². The van der Waals surface area contributed by atoms with Gasteiger partial charge >= 0.3 is 5.97 Å². The standard InChI is InChI=1S/C19H37N7O6S/c20-7-3-1-5-11(22)16(28)24-12(6-2-4-8-21)17(29)26-14(10-33)18(30)25-13(19(31)32)9-15(23)27/h11-14,33H,1-10,20-22H2,(H2,23,27)(H,24,28)(H,25,30)(H,26,29)(H,31,32). The van der Waals surface area contributed by atoms with Gasteiger partial charge < -0.3 is 44.0 Å². The van der Waals surface area contributed by atoms with E-state index in [1.54, 1.807) is 0 Å². The van der Waals surface area contributed by atoms with E-state index in [1.807, 2.05) is 0 Å². The minimum absolute atomic E-state index is 0.164. The Labute approximate surface area is 198 Å². The molecule has 13 nitrogen and oxygen atoms in total. The van der Waals surface area contributed by atoms with Crippen molar-refractivity contribution in [3.8, 4) is 0 Å². The number of carbonyl (C=O) groups excluding carboxylic acids is 4. The van der Waals surface area contributed by atoms with Crippen molar-refractivity contribution in [1.82, 2.24) is 16.0 Å². The van der Waals surface area contributed by atoms with E-state index in [1.165, 1.54) is 0 Å². The van der Waals surface area contributed by atoms with Gasteiger partial charge in [-0.1, -0.05) is 6.42 Å². The van der Waals surface area contributed by atoms with Crippen LogP contribution in [0.15, 0.2) is 0 Å². The van der Waals surface area contributed by atoms with E-state index in [0.29, 0.717) is 45.2 Å². The van der Waals surface area contributed by atoms with Gasteiger partial charge in [0, 0.05) is 5.75 Å². The number of carboxylic acid groups (broad SMARTS) is 1. The quantitative estimate of drug-likeness (QED) is 0.0695. The molecular formula is C19H37N7O6S. The lowest BCUT2D eigenvalue weighted by atomic mass is 10.1. The average molecular weight is 492 g/mol. The second kappa shape index (κ2) is 17.1. The van der Waals surface area contributed by atoms with E-state index < -0.39 is 60.2 Å². The average Bonchev–Trinajstić information content (AvgIpc) is 2.75. The first kappa shape index (κ1) is 30.6. The number of thiol groups is 1. The SMILES string of the molecule is NCCCCC(N)C(=O)NC(CCCCN)C(=O)NC(CS)C(=O)NC(CC(N)=O)C(=O)O. The predicted octanol–water partition coefficient (Wildman–Crippen LogP) is -3.08. The monoisotopic (exact) mass is 491 g/mol. The molecule has 0 heterocycles. The zero-order chi connectivity index (χ0) is 25.4. The molecule has 14 heteroatoms. The van der Waals surface area contributed by atoms with Gasteiger partial charge in [-0.15, -0.1) is 0 Å². The summed E-state index contributed by atoms with van der Waals surface area (Å²) in [5.41, 5.74) is 21.8. The highest BCUT2D eigenvalue weighted by atomic mass is 32.1. The van der Waals surface area contributed by atoms with Crippen molar-refractivity contribution in [1.29, 1.82) is 0 Å². The molecule has 0 radical (unpaired) electrons. The smallest absolute Gasteiger partial charge is 0.326 e. The molecule has 0 spiro atoms. The van der Waals surface area contributed by atoms with E-state index in [-0.39, 0.29) is 12.2 Å². The highest BCUT2D eigenvalue weighted by Crippen LogP contribution is 2.05. The van der Waals surface area contributed by atoms with Gasteiger partial charge in [0.05, 0.1) is 12.5 Å². The Morgan fingerprint density at radius 2 is 1.24 bits per heavy atom. The number of unbranched alkanes of at least 4 members (excludes halogenated alkanes) is 2. The number of carbonyl (C=O) groups is 5. The normalized spacial score (nSPS) is 14.4. The third-order valence-corrected chi connectivity index (χ3v) is 5.09. The summed E-state index contributed by atoms with van der Waals surface area (Å²) in [5, 5.41) is 16.3. The van der Waals surface area contributed by atoms with Gasteiger partial charge in [0.15, 0.2) is 0 Å². The van der Waals surface area contributed by atoms with E-state index in [4.69, 9.17) is 28.0 Å². The fraction of sp³-hybridized carbons (Fsp3) is 0.737. The second-order valence-electron chi connectivity index (χ2n) is 7.55. The molecule has 33 heavy (non-hydrogen) atoms. The molecule has 0 aromatic heterocycles. The van der Waals surface area contributed by atoms with Crippen LogP contribution in [0.25, 0.3) is 0 Å². The van der Waals surface area contributed by atoms with Crippen molar-refractivity contribution in [3.63, 3.8) is 0 Å². The summed E-state index contributed by atoms with van der Waals surface area (Å²) in [7, 11) is 0. The predicted molar refractivity (Wildman–Crippen MR) is 125 cm³/mol. The largest absolute Gasteiger partial charge is 0.480 e. The zero-order valence-corrected chi connectivity index (χ0v) is 19.5. The van der Waals surface area contributed by atoms with Crippen LogP contribution in [0.1, 0.15) is 44.9 Å². The fourth-order valence-electron chi connectivity index (χ4n) is 2.82. The minimum Gasteiger partial charge on any atom is -0.480 e. The number of rotatable bonds is 18. The molecule has 4 unspecified atom stereocenters. The summed E-state index contributed by atoms with van der Waals surface area (Å²) in [5.74, 6) is -4.58. The van der Waals surface area contributed by atoms with Crippen molar-refractivity contribution < 1.29 is 29.1 Å². The number of amides is 4. The molecular weight excluding hydrogens is 454 g/mol. The number of carboxylic acids is 1. The van der Waals surface area contributed by atoms with Gasteiger partial charge in [0.25, 0.3) is 0 Å². The maximum Gasteiger partial charge on any atom is 0.326 e. The van der Waals surface area contributed by atoms with Crippen molar-refractivity contribution in [3.05, 3.63) is 0 Å². The van der Waals surface area contributed by atoms with E-state index in [9.17, 15) is 24.0 Å². The van der Waals surface area contributed by atoms with E-state index in [0.717, 1.165) is 0 Å². The number of nitrogens with one attached hydrogen (secondary N) is 3. The van der Waals surface area contributed by atoms with Gasteiger partial charge in [0.2, 0.25) is 23.6 Å². The van der Waals surface area contributed by atoms with Crippen LogP contribution in [0.2, 0.25) is 0 Å². The number of nitrogens with two attached hydrogens (primary N) is 4. The van der Waals surface area contributed by atoms with Crippen molar-refractivity contribution in [2.24, 2.45) is 22.9 Å². The number of aliphatic carboxylic acids is 1. The third kappa shape index (κ3) is 13.0. The first-order valence-electron chi connectivity index (χ1n) is 10.8. The first-order chi connectivity index (χ1) is 15.6. The number of primary amides is 1. The Hall–Kier alpha value is -2.42. The van der Waals surface area contributed by atoms with Crippen LogP contribution in [0.5, 0.6) is 0 Å². The van der Waals surface area contributed by atoms with Gasteiger partial charge in [-0.2, -0.15) is 12.6 Å². The molecule has 12 N–H and O–H groups in total. The topological polar surface area (TPSA) is 246 Å². The van der Waals surface area contributed by atoms with Crippen LogP contribution in [-0.2, 0) is 24.0 Å². The summed E-state index contributed by atoms with van der Waals surface area (Å²) >= 11 is 4.03. The Balaban J connectivity index is 5.19. The molecule has 0 aliphatic carbocycles. The highest BCUT2D eigenvalue weighted by Gasteiger charge is 2.30. The van der Waals surface area contributed by atoms with Crippen LogP contribution >= 0.6 is 12.6 Å². The molecule has 0 saturated heterocycles. The Morgan fingerprint density at radius 1 is 0.758 bits per heavy atom. The molecule has 0 aromatic carbocycles. The molecule has 0 aliphatic rings. The van der Waals surface area contributed by atoms with Crippen molar-refractivity contribution in [2.45, 2.75) is 69.1 Å². The summed E-state index contributed by atoms with van der Waals surface area (Å²) in [6.45, 7) is 0.882. The molecule has 0 aromatic rings. The van der Waals surface area contributed by atoms with Crippen molar-refractivity contribution in [2.75, 3.05) is 18.8 Å². The minimum atomic E-state index is -1.55. The van der Waals surface area contributed by atoms with E-state index in [2.05, 4.69) is 28.6 Å². The summed E-state index contributed by atoms with van der Waals surface area (Å²) in [4.78, 5) is 59.9. The Morgan fingerprint density at radius 3 is 1.73 bits per heavy atom. The number of hydrogen-bond donors (Lipinski definition) is 9. The fourth-order valence-corrected chi connectivity index (χ4v) is 3.08. The lowest BCUT2D eigenvalue weighted by molar-refractivity contribution is -0.143. The summed E-state index contributed by atoms with van der Waals surface area (Å²) in [6.07, 6.45) is 2.57. The van der Waals surface area contributed by atoms with Crippen LogP contribution in [0.3, 0.4) is 0 Å². The molecule has 0 saturated carbocycles. The second-order valence-corrected chi connectivity index (χ2v) is 7.92.